The predicted octanol–water partition coefficient (Wildman–Crippen LogP) is 5.48. The van der Waals surface area contributed by atoms with E-state index in [0.29, 0.717) is 45.2 Å². The highest BCUT2D eigenvalue weighted by Crippen LogP contribution is 2.27. The monoisotopic (exact) mass is 497 g/mol. The average molecular weight is 498 g/mol. The van der Waals surface area contributed by atoms with Crippen LogP contribution in [0.15, 0.2) is 82.6 Å². The first-order chi connectivity index (χ1) is 17.5. The number of amides is 1. The molecule has 180 valence electrons. The zero-order valence-corrected chi connectivity index (χ0v) is 20.4. The SMILES string of the molecule is Cc1ccc(-c2cc(C(=O)OCc3csc(CC(=O)NCc4ccccc4)n3)c3ccccc3n2)o1. The Morgan fingerprint density at radius 3 is 2.61 bits per heavy atom. The first-order valence-electron chi connectivity index (χ1n) is 11.4. The van der Waals surface area contributed by atoms with E-state index in [1.165, 1.54) is 11.3 Å². The molecule has 7 nitrogen and oxygen atoms in total. The maximum atomic E-state index is 13.1. The third-order valence-electron chi connectivity index (χ3n) is 5.52. The number of pyridine rings is 1. The summed E-state index contributed by atoms with van der Waals surface area (Å²) in [5.41, 5.74) is 3.27. The number of aromatic nitrogens is 2. The Kier molecular flexibility index (Phi) is 6.86. The molecule has 0 saturated heterocycles. The van der Waals surface area contributed by atoms with Crippen molar-refractivity contribution >= 4 is 34.1 Å². The third kappa shape index (κ3) is 5.50. The van der Waals surface area contributed by atoms with Gasteiger partial charge in [-0.1, -0.05) is 48.5 Å². The molecular formula is C28H23N3O4S. The van der Waals surface area contributed by atoms with E-state index in [-0.39, 0.29) is 18.9 Å². The van der Waals surface area contributed by atoms with Crippen molar-refractivity contribution in [1.82, 2.24) is 15.3 Å². The minimum absolute atomic E-state index is 0.00676. The smallest absolute Gasteiger partial charge is 0.339 e. The topological polar surface area (TPSA) is 94.3 Å². The standard InChI is InChI=1S/C28H23N3O4S/c1-18-11-12-25(35-18)24-13-22(21-9-5-6-10-23(21)31-24)28(33)34-16-20-17-36-27(30-20)14-26(32)29-15-19-7-3-2-4-8-19/h2-13,17H,14-16H2,1H3,(H,29,32). The van der Waals surface area contributed by atoms with E-state index in [4.69, 9.17) is 9.15 Å². The molecule has 0 atom stereocenters. The summed E-state index contributed by atoms with van der Waals surface area (Å²) in [6.07, 6.45) is 0.173. The normalized spacial score (nSPS) is 10.9. The number of furan rings is 1. The molecule has 2 aromatic carbocycles. The van der Waals surface area contributed by atoms with Crippen molar-refractivity contribution in [1.29, 1.82) is 0 Å². The van der Waals surface area contributed by atoms with Crippen molar-refractivity contribution in [2.75, 3.05) is 0 Å². The molecule has 3 aromatic heterocycles. The van der Waals surface area contributed by atoms with E-state index in [0.717, 1.165) is 11.3 Å². The second-order valence-corrected chi connectivity index (χ2v) is 9.17. The number of nitrogens with zero attached hydrogens (tertiary/aromatic N) is 2. The van der Waals surface area contributed by atoms with Crippen molar-refractivity contribution in [2.45, 2.75) is 26.5 Å². The molecule has 36 heavy (non-hydrogen) atoms. The maximum absolute atomic E-state index is 13.1. The number of hydrogen-bond acceptors (Lipinski definition) is 7. The first kappa shape index (κ1) is 23.4. The lowest BCUT2D eigenvalue weighted by molar-refractivity contribution is -0.120. The number of para-hydroxylation sites is 1. The van der Waals surface area contributed by atoms with E-state index in [1.807, 2.05) is 73.7 Å². The molecule has 0 aliphatic carbocycles. The summed E-state index contributed by atoms with van der Waals surface area (Å²) < 4.78 is 11.3. The minimum Gasteiger partial charge on any atom is -0.460 e. The van der Waals surface area contributed by atoms with Crippen LogP contribution in [0.1, 0.15) is 32.4 Å². The highest BCUT2D eigenvalue weighted by Gasteiger charge is 2.17. The lowest BCUT2D eigenvalue weighted by Gasteiger charge is -2.08. The van der Waals surface area contributed by atoms with Gasteiger partial charge in [0.25, 0.3) is 0 Å². The molecular weight excluding hydrogens is 474 g/mol. The third-order valence-corrected chi connectivity index (χ3v) is 6.42. The molecule has 5 rings (SSSR count). The van der Waals surface area contributed by atoms with Crippen molar-refractivity contribution in [3.05, 3.63) is 106 Å². The van der Waals surface area contributed by atoms with Crippen LogP contribution < -0.4 is 5.32 Å². The van der Waals surface area contributed by atoms with Gasteiger partial charge in [-0.25, -0.2) is 14.8 Å². The number of aryl methyl sites for hydroxylation is 1. The molecule has 0 aliphatic rings. The Morgan fingerprint density at radius 1 is 1.00 bits per heavy atom. The van der Waals surface area contributed by atoms with Gasteiger partial charge < -0.3 is 14.5 Å². The number of benzene rings is 2. The number of carbonyl (C=O) groups is 2. The number of thiazole rings is 1. The van der Waals surface area contributed by atoms with Crippen molar-refractivity contribution < 1.29 is 18.7 Å². The molecule has 0 saturated carbocycles. The second-order valence-electron chi connectivity index (χ2n) is 8.23. The quantitative estimate of drug-likeness (QED) is 0.286. The molecule has 8 heteroatoms. The molecule has 0 spiro atoms. The van der Waals surface area contributed by atoms with Gasteiger partial charge in [0, 0.05) is 17.3 Å². The lowest BCUT2D eigenvalue weighted by Crippen LogP contribution is -2.24. The van der Waals surface area contributed by atoms with Crippen LogP contribution in [0.3, 0.4) is 0 Å². The second kappa shape index (κ2) is 10.5. The van der Waals surface area contributed by atoms with E-state index in [9.17, 15) is 9.59 Å². The van der Waals surface area contributed by atoms with Crippen molar-refractivity contribution in [2.24, 2.45) is 0 Å². The lowest BCUT2D eigenvalue weighted by atomic mass is 10.1. The number of ether oxygens (including phenoxy) is 1. The fourth-order valence-electron chi connectivity index (χ4n) is 3.75. The zero-order chi connectivity index (χ0) is 24.9. The highest BCUT2D eigenvalue weighted by atomic mass is 32.1. The van der Waals surface area contributed by atoms with Crippen LogP contribution in [0.25, 0.3) is 22.4 Å². The molecule has 0 unspecified atom stereocenters. The van der Waals surface area contributed by atoms with E-state index < -0.39 is 5.97 Å². The van der Waals surface area contributed by atoms with Gasteiger partial charge in [0.15, 0.2) is 5.76 Å². The summed E-state index contributed by atoms with van der Waals surface area (Å²) in [7, 11) is 0. The van der Waals surface area contributed by atoms with Gasteiger partial charge in [0.2, 0.25) is 5.91 Å². The van der Waals surface area contributed by atoms with Crippen LogP contribution in [0, 0.1) is 6.92 Å². The Hall–Kier alpha value is -4.30. The molecule has 0 radical (unpaired) electrons. The van der Waals surface area contributed by atoms with Gasteiger partial charge in [-0.2, -0.15) is 0 Å². The number of fused-ring (bicyclic) bond motifs is 1. The zero-order valence-electron chi connectivity index (χ0n) is 19.6. The molecule has 0 bridgehead atoms. The molecule has 5 aromatic rings. The maximum Gasteiger partial charge on any atom is 0.339 e. The van der Waals surface area contributed by atoms with E-state index >= 15 is 0 Å². The number of esters is 1. The van der Waals surface area contributed by atoms with Crippen LogP contribution >= 0.6 is 11.3 Å². The van der Waals surface area contributed by atoms with Gasteiger partial charge in [0.05, 0.1) is 23.2 Å². The Bertz CT molecular complexity index is 1520. The molecule has 0 fully saturated rings. The van der Waals surface area contributed by atoms with E-state index in [2.05, 4.69) is 15.3 Å². The highest BCUT2D eigenvalue weighted by molar-refractivity contribution is 7.09. The molecule has 0 aliphatic heterocycles. The minimum atomic E-state index is -0.478. The largest absolute Gasteiger partial charge is 0.460 e. The fraction of sp³-hybridized carbons (Fsp3) is 0.143. The van der Waals surface area contributed by atoms with E-state index in [1.54, 1.807) is 11.4 Å². The summed E-state index contributed by atoms with van der Waals surface area (Å²) in [5, 5.41) is 6.06. The molecule has 1 amide bonds. The van der Waals surface area contributed by atoms with Crippen molar-refractivity contribution in [3.63, 3.8) is 0 Å². The van der Waals surface area contributed by atoms with Crippen LogP contribution in [-0.2, 0) is 29.1 Å². The summed E-state index contributed by atoms with van der Waals surface area (Å²) in [6, 6.07) is 22.5. The number of rotatable bonds is 8. The summed E-state index contributed by atoms with van der Waals surface area (Å²) in [6.45, 7) is 2.33. The van der Waals surface area contributed by atoms with Gasteiger partial charge in [-0.3, -0.25) is 4.79 Å². The molecule has 3 heterocycles. The Labute approximate surface area is 211 Å². The Morgan fingerprint density at radius 2 is 1.81 bits per heavy atom. The van der Waals surface area contributed by atoms with Crippen LogP contribution in [0.5, 0.6) is 0 Å². The van der Waals surface area contributed by atoms with Gasteiger partial charge >= 0.3 is 5.97 Å². The van der Waals surface area contributed by atoms with Crippen LogP contribution in [-0.4, -0.2) is 21.8 Å². The van der Waals surface area contributed by atoms with Gasteiger partial charge in [-0.05, 0) is 36.8 Å². The summed E-state index contributed by atoms with van der Waals surface area (Å²) in [4.78, 5) is 34.4. The average Bonchev–Trinajstić information content (AvgIpc) is 3.54. The number of hydrogen-bond donors (Lipinski definition) is 1. The van der Waals surface area contributed by atoms with Gasteiger partial charge in [-0.15, -0.1) is 11.3 Å². The van der Waals surface area contributed by atoms with Crippen molar-refractivity contribution in [3.8, 4) is 11.5 Å². The summed E-state index contributed by atoms with van der Waals surface area (Å²) in [5.74, 6) is 0.758. The van der Waals surface area contributed by atoms with Crippen LogP contribution in [0.2, 0.25) is 0 Å². The first-order valence-corrected chi connectivity index (χ1v) is 12.3. The summed E-state index contributed by atoms with van der Waals surface area (Å²) >= 11 is 1.37. The molecule has 1 N–H and O–H groups in total. The number of carbonyl (C=O) groups excluding carboxylic acids is 2. The number of nitrogens with one attached hydrogen (secondary N) is 1. The fourth-order valence-corrected chi connectivity index (χ4v) is 4.53. The van der Waals surface area contributed by atoms with Crippen LogP contribution in [0.4, 0.5) is 0 Å². The van der Waals surface area contributed by atoms with Gasteiger partial charge in [0.1, 0.15) is 23.1 Å². The Balaban J connectivity index is 1.24. The predicted molar refractivity (Wildman–Crippen MR) is 137 cm³/mol.